The van der Waals surface area contributed by atoms with Gasteiger partial charge in [0.2, 0.25) is 0 Å². The summed E-state index contributed by atoms with van der Waals surface area (Å²) in [5, 5.41) is 3.44. The molecule has 3 rings (SSSR count). The number of fused-ring (bicyclic) bond motifs is 1. The largest absolute Gasteiger partial charge is 0.382 e. The van der Waals surface area contributed by atoms with Crippen molar-refractivity contribution in [1.29, 1.82) is 0 Å². The minimum atomic E-state index is 0. The van der Waals surface area contributed by atoms with Gasteiger partial charge in [0.1, 0.15) is 0 Å². The first-order valence-electron chi connectivity index (χ1n) is 6.40. The zero-order chi connectivity index (χ0) is 12.2. The fraction of sp³-hybridized carbons (Fsp3) is 0.267. The van der Waals surface area contributed by atoms with E-state index in [-0.39, 0.29) is 24.8 Å². The summed E-state index contributed by atoms with van der Waals surface area (Å²) in [5.41, 5.74) is 3.86. The van der Waals surface area contributed by atoms with Crippen molar-refractivity contribution in [2.75, 3.05) is 29.9 Å². The number of aromatic nitrogens is 1. The van der Waals surface area contributed by atoms with Crippen molar-refractivity contribution < 1.29 is 0 Å². The summed E-state index contributed by atoms with van der Waals surface area (Å²) in [6.07, 6.45) is 4.82. The number of halogens is 2. The zero-order valence-electron chi connectivity index (χ0n) is 11.2. The van der Waals surface area contributed by atoms with Gasteiger partial charge in [-0.15, -0.1) is 24.8 Å². The summed E-state index contributed by atoms with van der Waals surface area (Å²) < 4.78 is 0. The molecule has 0 bridgehead atoms. The lowest BCUT2D eigenvalue weighted by Crippen LogP contribution is -2.35. The highest BCUT2D eigenvalue weighted by Gasteiger charge is 2.14. The van der Waals surface area contributed by atoms with Crippen LogP contribution in [0, 0.1) is 0 Å². The maximum atomic E-state index is 4.16. The van der Waals surface area contributed by atoms with E-state index in [4.69, 9.17) is 0 Å². The molecule has 1 aromatic carbocycles. The Morgan fingerprint density at radius 2 is 1.95 bits per heavy atom. The molecule has 1 aliphatic heterocycles. The molecule has 0 saturated heterocycles. The van der Waals surface area contributed by atoms with Gasteiger partial charge in [-0.2, -0.15) is 0 Å². The fourth-order valence-corrected chi connectivity index (χ4v) is 2.39. The number of benzene rings is 1. The van der Waals surface area contributed by atoms with Gasteiger partial charge >= 0.3 is 0 Å². The Hall–Kier alpha value is -1.45. The monoisotopic (exact) mass is 311 g/mol. The quantitative estimate of drug-likeness (QED) is 0.941. The average Bonchev–Trinajstić information content (AvgIpc) is 2.46. The molecule has 0 amide bonds. The van der Waals surface area contributed by atoms with E-state index >= 15 is 0 Å². The molecule has 0 fully saturated rings. The third-order valence-corrected chi connectivity index (χ3v) is 3.34. The van der Waals surface area contributed by atoms with E-state index in [9.17, 15) is 0 Å². The highest BCUT2D eigenvalue weighted by atomic mass is 35.5. The molecule has 0 spiro atoms. The first-order chi connectivity index (χ1) is 8.93. The van der Waals surface area contributed by atoms with Crippen molar-refractivity contribution in [2.45, 2.75) is 6.42 Å². The van der Waals surface area contributed by atoms with Crippen LogP contribution < -0.4 is 10.2 Å². The number of anilines is 2. The highest BCUT2D eigenvalue weighted by molar-refractivity contribution is 5.85. The molecule has 20 heavy (non-hydrogen) atoms. The molecular formula is C15H19Cl2N3. The first kappa shape index (κ1) is 16.6. The molecule has 0 aliphatic carbocycles. The van der Waals surface area contributed by atoms with Crippen molar-refractivity contribution in [3.8, 4) is 0 Å². The van der Waals surface area contributed by atoms with E-state index in [1.165, 1.54) is 16.9 Å². The Morgan fingerprint density at radius 1 is 1.10 bits per heavy atom. The normalized spacial score (nSPS) is 12.5. The second-order valence-corrected chi connectivity index (χ2v) is 4.54. The van der Waals surface area contributed by atoms with Gasteiger partial charge in [-0.1, -0.05) is 18.2 Å². The smallest absolute Gasteiger partial charge is 0.0602 e. The number of pyridine rings is 1. The second kappa shape index (κ2) is 7.98. The third kappa shape index (κ3) is 3.78. The maximum Gasteiger partial charge on any atom is 0.0602 e. The van der Waals surface area contributed by atoms with Crippen LogP contribution in [0.5, 0.6) is 0 Å². The number of rotatable bonds is 3. The number of hydrogen-bond acceptors (Lipinski definition) is 3. The predicted molar refractivity (Wildman–Crippen MR) is 89.6 cm³/mol. The summed E-state index contributed by atoms with van der Waals surface area (Å²) in [6.45, 7) is 3.13. The van der Waals surface area contributed by atoms with Gasteiger partial charge in [-0.3, -0.25) is 4.98 Å². The molecule has 108 valence electrons. The Kier molecular flexibility index (Phi) is 6.62. The van der Waals surface area contributed by atoms with E-state index in [0.29, 0.717) is 0 Å². The lowest BCUT2D eigenvalue weighted by molar-refractivity contribution is 0.771. The molecule has 2 heterocycles. The minimum Gasteiger partial charge on any atom is -0.382 e. The molecule has 0 atom stereocenters. The molecule has 1 aromatic heterocycles. The van der Waals surface area contributed by atoms with Crippen LogP contribution in [0.3, 0.4) is 0 Å². The van der Waals surface area contributed by atoms with Gasteiger partial charge in [0.15, 0.2) is 0 Å². The predicted octanol–water partition coefficient (Wildman–Crippen LogP) is 3.40. The Bertz CT molecular complexity index is 520. The Morgan fingerprint density at radius 3 is 2.75 bits per heavy atom. The summed E-state index contributed by atoms with van der Waals surface area (Å²) in [4.78, 5) is 6.61. The number of nitrogens with zero attached hydrogens (tertiary/aromatic N) is 2. The molecule has 0 radical (unpaired) electrons. The van der Waals surface area contributed by atoms with Crippen molar-refractivity contribution in [3.63, 3.8) is 0 Å². The number of nitrogens with one attached hydrogen (secondary N) is 1. The first-order valence-corrected chi connectivity index (χ1v) is 6.40. The maximum absolute atomic E-state index is 4.16. The molecule has 5 heteroatoms. The zero-order valence-corrected chi connectivity index (χ0v) is 12.8. The molecule has 1 aliphatic rings. The average molecular weight is 312 g/mol. The van der Waals surface area contributed by atoms with Crippen LogP contribution in [-0.4, -0.2) is 24.6 Å². The molecule has 3 nitrogen and oxygen atoms in total. The molecule has 0 saturated carbocycles. The summed E-state index contributed by atoms with van der Waals surface area (Å²) in [5.74, 6) is 0. The topological polar surface area (TPSA) is 28.2 Å². The van der Waals surface area contributed by atoms with Gasteiger partial charge in [0, 0.05) is 32.0 Å². The minimum absolute atomic E-state index is 0. The number of hydrogen-bond donors (Lipinski definition) is 1. The SMILES string of the molecule is Cl.Cl.c1cncc(CCN2CCNc3ccccc32)c1. The van der Waals surface area contributed by atoms with E-state index in [2.05, 4.69) is 45.5 Å². The van der Waals surface area contributed by atoms with Crippen LogP contribution >= 0.6 is 24.8 Å². The molecular weight excluding hydrogens is 293 g/mol. The third-order valence-electron chi connectivity index (χ3n) is 3.34. The van der Waals surface area contributed by atoms with E-state index in [1.54, 1.807) is 0 Å². The lowest BCUT2D eigenvalue weighted by Gasteiger charge is -2.32. The van der Waals surface area contributed by atoms with Gasteiger partial charge < -0.3 is 10.2 Å². The summed E-state index contributed by atoms with van der Waals surface area (Å²) in [6, 6.07) is 12.7. The Balaban J connectivity index is 0.000001000. The van der Waals surface area contributed by atoms with Crippen molar-refractivity contribution in [3.05, 3.63) is 54.4 Å². The van der Waals surface area contributed by atoms with Gasteiger partial charge in [-0.05, 0) is 30.2 Å². The van der Waals surface area contributed by atoms with Crippen molar-refractivity contribution in [1.82, 2.24) is 4.98 Å². The van der Waals surface area contributed by atoms with Crippen LogP contribution in [0.25, 0.3) is 0 Å². The standard InChI is InChI=1S/C15H17N3.2ClH/c1-2-6-15-14(5-1)17-9-11-18(15)10-7-13-4-3-8-16-12-13;;/h1-6,8,12,17H,7,9-11H2;2*1H. The molecule has 0 unspecified atom stereocenters. The highest BCUT2D eigenvalue weighted by Crippen LogP contribution is 2.28. The fourth-order valence-electron chi connectivity index (χ4n) is 2.39. The van der Waals surface area contributed by atoms with Crippen molar-refractivity contribution in [2.24, 2.45) is 0 Å². The van der Waals surface area contributed by atoms with E-state index in [0.717, 1.165) is 26.1 Å². The van der Waals surface area contributed by atoms with Gasteiger partial charge in [-0.25, -0.2) is 0 Å². The van der Waals surface area contributed by atoms with Gasteiger partial charge in [0.05, 0.1) is 11.4 Å². The van der Waals surface area contributed by atoms with Crippen LogP contribution in [0.4, 0.5) is 11.4 Å². The van der Waals surface area contributed by atoms with Crippen LogP contribution in [0.2, 0.25) is 0 Å². The summed E-state index contributed by atoms with van der Waals surface area (Å²) >= 11 is 0. The molecule has 2 aromatic rings. The van der Waals surface area contributed by atoms with Crippen LogP contribution in [-0.2, 0) is 6.42 Å². The van der Waals surface area contributed by atoms with Gasteiger partial charge in [0.25, 0.3) is 0 Å². The van der Waals surface area contributed by atoms with Crippen LogP contribution in [0.15, 0.2) is 48.8 Å². The number of para-hydroxylation sites is 2. The lowest BCUT2D eigenvalue weighted by atomic mass is 10.1. The molecule has 1 N–H and O–H groups in total. The van der Waals surface area contributed by atoms with Crippen molar-refractivity contribution >= 4 is 36.2 Å². The Labute approximate surface area is 132 Å². The summed E-state index contributed by atoms with van der Waals surface area (Å²) in [7, 11) is 0. The second-order valence-electron chi connectivity index (χ2n) is 4.54. The van der Waals surface area contributed by atoms with Crippen LogP contribution in [0.1, 0.15) is 5.56 Å². The van der Waals surface area contributed by atoms with E-state index < -0.39 is 0 Å². The van der Waals surface area contributed by atoms with E-state index in [1.807, 2.05) is 18.5 Å².